The predicted octanol–water partition coefficient (Wildman–Crippen LogP) is 2.66. The number of rotatable bonds is 4. The molecule has 2 amide bonds. The van der Waals surface area contributed by atoms with Crippen molar-refractivity contribution in [2.75, 3.05) is 28.6 Å². The Kier molecular flexibility index (Phi) is 5.94. The van der Waals surface area contributed by atoms with Gasteiger partial charge in [0.1, 0.15) is 5.69 Å². The number of pyridine rings is 1. The van der Waals surface area contributed by atoms with E-state index in [1.165, 1.54) is 6.20 Å². The fraction of sp³-hybridized carbons (Fsp3) is 0.273. The molecule has 0 aliphatic carbocycles. The van der Waals surface area contributed by atoms with Crippen molar-refractivity contribution in [2.45, 2.75) is 26.1 Å². The molecule has 3 aromatic rings. The van der Waals surface area contributed by atoms with Gasteiger partial charge < -0.3 is 20.3 Å². The van der Waals surface area contributed by atoms with Gasteiger partial charge in [-0.3, -0.25) is 19.7 Å². The summed E-state index contributed by atoms with van der Waals surface area (Å²) in [5, 5.41) is 11.9. The Morgan fingerprint density at radius 1 is 1.03 bits per heavy atom. The third-order valence-electron chi connectivity index (χ3n) is 4.92. The molecule has 0 saturated carbocycles. The van der Waals surface area contributed by atoms with Gasteiger partial charge in [0, 0.05) is 30.7 Å². The predicted molar refractivity (Wildman–Crippen MR) is 118 cm³/mol. The minimum Gasteiger partial charge on any atom is -0.372 e. The fourth-order valence-electron chi connectivity index (χ4n) is 3.60. The van der Waals surface area contributed by atoms with E-state index in [4.69, 9.17) is 4.74 Å². The smallest absolute Gasteiger partial charge is 0.314 e. The maximum absolute atomic E-state index is 12.4. The fourth-order valence-corrected chi connectivity index (χ4v) is 3.60. The molecular formula is C22H24N6O3. The Hall–Kier alpha value is -3.72. The topological polar surface area (TPSA) is 112 Å². The lowest BCUT2D eigenvalue weighted by Gasteiger charge is -2.36. The van der Waals surface area contributed by atoms with Crippen LogP contribution < -0.4 is 15.5 Å². The monoisotopic (exact) mass is 420 g/mol. The number of carbonyl (C=O) groups excluding carboxylic acids is 2. The summed E-state index contributed by atoms with van der Waals surface area (Å²) in [5.74, 6) is -1.56. The molecule has 0 spiro atoms. The van der Waals surface area contributed by atoms with Gasteiger partial charge in [-0.1, -0.05) is 6.07 Å². The average molecular weight is 420 g/mol. The average Bonchev–Trinajstić information content (AvgIpc) is 3.22. The zero-order chi connectivity index (χ0) is 21.8. The van der Waals surface area contributed by atoms with Crippen molar-refractivity contribution in [3.8, 4) is 11.4 Å². The largest absolute Gasteiger partial charge is 0.372 e. The van der Waals surface area contributed by atoms with Crippen molar-refractivity contribution >= 4 is 28.9 Å². The molecule has 1 fully saturated rings. The van der Waals surface area contributed by atoms with Crippen LogP contribution in [0.15, 0.2) is 54.9 Å². The van der Waals surface area contributed by atoms with E-state index in [-0.39, 0.29) is 12.2 Å². The zero-order valence-electron chi connectivity index (χ0n) is 17.3. The normalized spacial score (nSPS) is 18.5. The summed E-state index contributed by atoms with van der Waals surface area (Å²) in [6.45, 7) is 5.72. The van der Waals surface area contributed by atoms with Gasteiger partial charge in [-0.2, -0.15) is 5.10 Å². The van der Waals surface area contributed by atoms with Crippen LogP contribution in [0.25, 0.3) is 11.4 Å². The molecule has 0 unspecified atom stereocenters. The number of aromatic amines is 1. The second kappa shape index (κ2) is 8.97. The number of ether oxygens (including phenoxy) is 1. The standard InChI is InChI=1S/C22H24N6O3/c1-14-12-28(13-15(2)31-14)17-8-6-16(7-9-17)25-21(29)22(30)26-19-11-24-27-20(19)18-5-3-4-10-23-18/h3-11,14-15H,12-13H2,1-2H3,(H,24,27)(H,25,29)(H,26,30)/t14-,15+. The van der Waals surface area contributed by atoms with Gasteiger partial charge in [0.05, 0.1) is 29.8 Å². The molecule has 0 radical (unpaired) electrons. The minimum atomic E-state index is -0.793. The zero-order valence-corrected chi connectivity index (χ0v) is 17.3. The Bertz CT molecular complexity index is 1040. The number of amides is 2. The Labute approximate surface area is 179 Å². The molecule has 1 aliphatic rings. The van der Waals surface area contributed by atoms with Crippen LogP contribution in [0.3, 0.4) is 0 Å². The molecule has 1 saturated heterocycles. The molecule has 3 N–H and O–H groups in total. The van der Waals surface area contributed by atoms with Crippen LogP contribution in [-0.4, -0.2) is 52.3 Å². The van der Waals surface area contributed by atoms with E-state index >= 15 is 0 Å². The molecule has 4 rings (SSSR count). The van der Waals surface area contributed by atoms with Crippen LogP contribution in [0.2, 0.25) is 0 Å². The second-order valence-electron chi connectivity index (χ2n) is 7.49. The van der Waals surface area contributed by atoms with Crippen molar-refractivity contribution in [1.82, 2.24) is 15.2 Å². The number of nitrogens with one attached hydrogen (secondary N) is 3. The molecule has 31 heavy (non-hydrogen) atoms. The Balaban J connectivity index is 1.38. The SMILES string of the molecule is C[C@@H]1CN(c2ccc(NC(=O)C(=O)Nc3cn[nH]c3-c3ccccn3)cc2)C[C@H](C)O1. The van der Waals surface area contributed by atoms with E-state index in [0.717, 1.165) is 18.8 Å². The Morgan fingerprint density at radius 2 is 1.74 bits per heavy atom. The van der Waals surface area contributed by atoms with E-state index in [0.29, 0.717) is 22.8 Å². The minimum absolute atomic E-state index is 0.158. The molecule has 9 heteroatoms. The van der Waals surface area contributed by atoms with Gasteiger partial charge in [-0.15, -0.1) is 0 Å². The highest BCUT2D eigenvalue weighted by molar-refractivity contribution is 6.43. The number of carbonyl (C=O) groups is 2. The number of nitrogens with zero attached hydrogens (tertiary/aromatic N) is 3. The van der Waals surface area contributed by atoms with Crippen LogP contribution in [0.1, 0.15) is 13.8 Å². The highest BCUT2D eigenvalue weighted by atomic mass is 16.5. The van der Waals surface area contributed by atoms with Crippen LogP contribution in [0.4, 0.5) is 17.1 Å². The van der Waals surface area contributed by atoms with E-state index in [1.54, 1.807) is 30.5 Å². The van der Waals surface area contributed by atoms with Crippen molar-refractivity contribution in [1.29, 1.82) is 0 Å². The second-order valence-corrected chi connectivity index (χ2v) is 7.49. The van der Waals surface area contributed by atoms with Gasteiger partial charge in [-0.05, 0) is 50.2 Å². The molecule has 2 atom stereocenters. The third kappa shape index (κ3) is 4.89. The summed E-state index contributed by atoms with van der Waals surface area (Å²) >= 11 is 0. The van der Waals surface area contributed by atoms with E-state index in [2.05, 4.69) is 44.6 Å². The molecule has 2 aromatic heterocycles. The van der Waals surface area contributed by atoms with Gasteiger partial charge >= 0.3 is 11.8 Å². The number of hydrogen-bond donors (Lipinski definition) is 3. The van der Waals surface area contributed by atoms with E-state index < -0.39 is 11.8 Å². The summed E-state index contributed by atoms with van der Waals surface area (Å²) < 4.78 is 5.77. The molecule has 160 valence electrons. The molecule has 1 aromatic carbocycles. The third-order valence-corrected chi connectivity index (χ3v) is 4.92. The first-order chi connectivity index (χ1) is 15.0. The summed E-state index contributed by atoms with van der Waals surface area (Å²) in [4.78, 5) is 31.2. The summed E-state index contributed by atoms with van der Waals surface area (Å²) in [6.07, 6.45) is 3.39. The van der Waals surface area contributed by atoms with Crippen molar-refractivity contribution in [3.05, 3.63) is 54.9 Å². The molecule has 3 heterocycles. The van der Waals surface area contributed by atoms with E-state index in [9.17, 15) is 9.59 Å². The maximum atomic E-state index is 12.4. The summed E-state index contributed by atoms with van der Waals surface area (Å²) in [5.41, 5.74) is 3.10. The van der Waals surface area contributed by atoms with Crippen molar-refractivity contribution in [3.63, 3.8) is 0 Å². The summed E-state index contributed by atoms with van der Waals surface area (Å²) in [6, 6.07) is 12.8. The van der Waals surface area contributed by atoms with E-state index in [1.807, 2.05) is 18.2 Å². The van der Waals surface area contributed by atoms with Gasteiger partial charge in [0.25, 0.3) is 0 Å². The van der Waals surface area contributed by atoms with Crippen LogP contribution >= 0.6 is 0 Å². The van der Waals surface area contributed by atoms with Crippen molar-refractivity contribution < 1.29 is 14.3 Å². The first-order valence-electron chi connectivity index (χ1n) is 10.1. The number of aromatic nitrogens is 3. The highest BCUT2D eigenvalue weighted by Gasteiger charge is 2.22. The van der Waals surface area contributed by atoms with Gasteiger partial charge in [0.15, 0.2) is 0 Å². The van der Waals surface area contributed by atoms with Crippen molar-refractivity contribution in [2.24, 2.45) is 0 Å². The number of H-pyrrole nitrogens is 1. The molecular weight excluding hydrogens is 396 g/mol. The number of morpholine rings is 1. The number of benzene rings is 1. The summed E-state index contributed by atoms with van der Waals surface area (Å²) in [7, 11) is 0. The lowest BCUT2D eigenvalue weighted by Crippen LogP contribution is -2.45. The Morgan fingerprint density at radius 3 is 2.42 bits per heavy atom. The molecule has 1 aliphatic heterocycles. The van der Waals surface area contributed by atoms with Crippen LogP contribution in [-0.2, 0) is 14.3 Å². The first kappa shape index (κ1) is 20.5. The number of anilines is 3. The number of hydrogen-bond acceptors (Lipinski definition) is 6. The van der Waals surface area contributed by atoms with Gasteiger partial charge in [0.2, 0.25) is 0 Å². The first-order valence-corrected chi connectivity index (χ1v) is 10.1. The quantitative estimate of drug-likeness (QED) is 0.560. The maximum Gasteiger partial charge on any atom is 0.314 e. The lowest BCUT2D eigenvalue weighted by atomic mass is 10.2. The van der Waals surface area contributed by atoms with Crippen LogP contribution in [0, 0.1) is 0 Å². The van der Waals surface area contributed by atoms with Crippen LogP contribution in [0.5, 0.6) is 0 Å². The highest BCUT2D eigenvalue weighted by Crippen LogP contribution is 2.24. The van der Waals surface area contributed by atoms with Gasteiger partial charge in [-0.25, -0.2) is 0 Å². The molecule has 9 nitrogen and oxygen atoms in total. The lowest BCUT2D eigenvalue weighted by molar-refractivity contribution is -0.132. The molecule has 0 bridgehead atoms.